The van der Waals surface area contributed by atoms with Crippen molar-refractivity contribution in [1.82, 2.24) is 4.98 Å². The van der Waals surface area contributed by atoms with Crippen molar-refractivity contribution in [3.63, 3.8) is 0 Å². The number of piperazine rings is 1. The number of hydrogen-bond donors (Lipinski definition) is 1. The fourth-order valence-corrected chi connectivity index (χ4v) is 3.64. The molecule has 3 heterocycles. The number of hydrogen-bond acceptors (Lipinski definition) is 6. The van der Waals surface area contributed by atoms with Gasteiger partial charge in [-0.3, -0.25) is 4.79 Å². The number of nitrogens with zero attached hydrogens (tertiary/aromatic N) is 3. The van der Waals surface area contributed by atoms with Crippen molar-refractivity contribution >= 4 is 23.1 Å². The Hall–Kier alpha value is -2.80. The number of pyridine rings is 1. The van der Waals surface area contributed by atoms with Crippen LogP contribution in [0.2, 0.25) is 0 Å². The van der Waals surface area contributed by atoms with E-state index in [1.165, 1.54) is 5.69 Å². The lowest BCUT2D eigenvalue weighted by Gasteiger charge is -2.36. The van der Waals surface area contributed by atoms with Gasteiger partial charge in [-0.2, -0.15) is 0 Å². The minimum Gasteiger partial charge on any atom is -0.497 e. The van der Waals surface area contributed by atoms with Gasteiger partial charge in [-0.1, -0.05) is 0 Å². The fourth-order valence-electron chi connectivity index (χ4n) is 3.64. The van der Waals surface area contributed by atoms with Crippen molar-refractivity contribution in [1.29, 1.82) is 0 Å². The molecule has 1 aromatic carbocycles. The van der Waals surface area contributed by atoms with E-state index in [1.54, 1.807) is 13.3 Å². The van der Waals surface area contributed by atoms with Gasteiger partial charge in [0.05, 0.1) is 19.0 Å². The van der Waals surface area contributed by atoms with Crippen LogP contribution >= 0.6 is 0 Å². The van der Waals surface area contributed by atoms with Gasteiger partial charge in [-0.05, 0) is 49.2 Å². The van der Waals surface area contributed by atoms with Crippen molar-refractivity contribution in [2.24, 2.45) is 0 Å². The second kappa shape index (κ2) is 8.48. The van der Waals surface area contributed by atoms with E-state index in [1.807, 2.05) is 24.3 Å². The molecule has 7 nitrogen and oxygen atoms in total. The molecule has 1 N–H and O–H groups in total. The highest BCUT2D eigenvalue weighted by Crippen LogP contribution is 2.23. The summed E-state index contributed by atoms with van der Waals surface area (Å²) in [5, 5.41) is 2.89. The Balaban J connectivity index is 1.31. The zero-order chi connectivity index (χ0) is 19.3. The van der Waals surface area contributed by atoms with Crippen LogP contribution in [0.1, 0.15) is 12.8 Å². The highest BCUT2D eigenvalue weighted by atomic mass is 16.5. The molecule has 1 atom stereocenters. The predicted octanol–water partition coefficient (Wildman–Crippen LogP) is 2.53. The van der Waals surface area contributed by atoms with Crippen LogP contribution in [0, 0.1) is 0 Å². The predicted molar refractivity (Wildman–Crippen MR) is 109 cm³/mol. The average Bonchev–Trinajstić information content (AvgIpc) is 3.30. The lowest BCUT2D eigenvalue weighted by atomic mass is 10.2. The number of methoxy groups -OCH3 is 1. The summed E-state index contributed by atoms with van der Waals surface area (Å²) in [6.07, 6.45) is 3.12. The molecule has 7 heteroatoms. The number of benzene rings is 1. The highest BCUT2D eigenvalue weighted by molar-refractivity contribution is 5.94. The molecule has 0 radical (unpaired) electrons. The van der Waals surface area contributed by atoms with Crippen molar-refractivity contribution < 1.29 is 14.3 Å². The smallest absolute Gasteiger partial charge is 0.253 e. The molecule has 0 spiro atoms. The van der Waals surface area contributed by atoms with E-state index in [0.29, 0.717) is 12.3 Å². The van der Waals surface area contributed by atoms with Gasteiger partial charge in [-0.15, -0.1) is 0 Å². The van der Waals surface area contributed by atoms with Gasteiger partial charge in [0.2, 0.25) is 0 Å². The van der Waals surface area contributed by atoms with Crippen molar-refractivity contribution in [2.45, 2.75) is 18.9 Å². The Morgan fingerprint density at radius 2 is 1.86 bits per heavy atom. The number of anilines is 3. The summed E-state index contributed by atoms with van der Waals surface area (Å²) in [6.45, 7) is 4.34. The number of nitrogens with one attached hydrogen (secondary N) is 1. The van der Waals surface area contributed by atoms with Crippen LogP contribution in [0.15, 0.2) is 42.6 Å². The zero-order valence-corrected chi connectivity index (χ0v) is 16.1. The molecule has 1 unspecified atom stereocenters. The molecule has 1 amide bonds. The fraction of sp³-hybridized carbons (Fsp3) is 0.429. The van der Waals surface area contributed by atoms with Gasteiger partial charge in [0, 0.05) is 38.5 Å². The largest absolute Gasteiger partial charge is 0.497 e. The van der Waals surface area contributed by atoms with E-state index < -0.39 is 0 Å². The van der Waals surface area contributed by atoms with E-state index in [9.17, 15) is 4.79 Å². The lowest BCUT2D eigenvalue weighted by molar-refractivity contribution is -0.124. The molecule has 0 aliphatic carbocycles. The van der Waals surface area contributed by atoms with Crippen LogP contribution in [0.25, 0.3) is 0 Å². The third kappa shape index (κ3) is 4.20. The molecule has 2 aliphatic heterocycles. The molecule has 2 saturated heterocycles. The Morgan fingerprint density at radius 1 is 1.11 bits per heavy atom. The quantitative estimate of drug-likeness (QED) is 0.857. The minimum absolute atomic E-state index is 0.0832. The summed E-state index contributed by atoms with van der Waals surface area (Å²) < 4.78 is 10.6. The number of rotatable bonds is 5. The average molecular weight is 382 g/mol. The number of ether oxygens (including phenoxy) is 2. The van der Waals surface area contributed by atoms with E-state index in [0.717, 1.165) is 50.6 Å². The van der Waals surface area contributed by atoms with Gasteiger partial charge < -0.3 is 24.6 Å². The third-order valence-electron chi connectivity index (χ3n) is 5.28. The summed E-state index contributed by atoms with van der Waals surface area (Å²) in [4.78, 5) is 21.3. The van der Waals surface area contributed by atoms with E-state index >= 15 is 0 Å². The molecule has 4 rings (SSSR count). The first-order valence-electron chi connectivity index (χ1n) is 9.75. The van der Waals surface area contributed by atoms with Crippen molar-refractivity contribution in [3.8, 4) is 5.75 Å². The van der Waals surface area contributed by atoms with Gasteiger partial charge in [0.25, 0.3) is 5.91 Å². The Labute approximate surface area is 165 Å². The molecule has 28 heavy (non-hydrogen) atoms. The molecule has 0 bridgehead atoms. The maximum Gasteiger partial charge on any atom is 0.253 e. The second-order valence-electron chi connectivity index (χ2n) is 7.07. The first-order valence-corrected chi connectivity index (χ1v) is 9.75. The van der Waals surface area contributed by atoms with E-state index in [-0.39, 0.29) is 12.0 Å². The summed E-state index contributed by atoms with van der Waals surface area (Å²) in [5.41, 5.74) is 1.92. The summed E-state index contributed by atoms with van der Waals surface area (Å²) in [6, 6.07) is 12.1. The maximum absolute atomic E-state index is 12.1. The molecule has 2 aliphatic rings. The second-order valence-corrected chi connectivity index (χ2v) is 7.07. The standard InChI is InChI=1S/C21H26N4O3/c1-27-18-7-5-17(6-8-18)24-10-12-25(13-11-24)20-9-4-16(15-22-20)23-21(26)19-3-2-14-28-19/h4-9,15,19H,2-3,10-14H2,1H3,(H,23,26). The van der Waals surface area contributed by atoms with Crippen LogP contribution in [-0.4, -0.2) is 56.9 Å². The van der Waals surface area contributed by atoms with E-state index in [2.05, 4.69) is 32.2 Å². The molecule has 0 saturated carbocycles. The van der Waals surface area contributed by atoms with Crippen LogP contribution in [-0.2, 0) is 9.53 Å². The van der Waals surface area contributed by atoms with Crippen LogP contribution in [0.4, 0.5) is 17.2 Å². The molecule has 148 valence electrons. The molecular weight excluding hydrogens is 356 g/mol. The Morgan fingerprint density at radius 3 is 2.46 bits per heavy atom. The Bertz CT molecular complexity index is 780. The number of carbonyl (C=O) groups is 1. The first-order chi connectivity index (χ1) is 13.7. The Kier molecular flexibility index (Phi) is 5.62. The topological polar surface area (TPSA) is 66.9 Å². The van der Waals surface area contributed by atoms with Crippen molar-refractivity contribution in [2.75, 3.05) is 55.0 Å². The maximum atomic E-state index is 12.1. The number of amides is 1. The molecular formula is C21H26N4O3. The molecule has 2 fully saturated rings. The number of carbonyl (C=O) groups excluding carboxylic acids is 1. The molecule has 1 aromatic heterocycles. The lowest BCUT2D eigenvalue weighted by Crippen LogP contribution is -2.46. The van der Waals surface area contributed by atoms with Crippen LogP contribution in [0.5, 0.6) is 5.75 Å². The van der Waals surface area contributed by atoms with Crippen LogP contribution in [0.3, 0.4) is 0 Å². The van der Waals surface area contributed by atoms with Gasteiger partial charge in [0.1, 0.15) is 17.7 Å². The van der Waals surface area contributed by atoms with Gasteiger partial charge >= 0.3 is 0 Å². The van der Waals surface area contributed by atoms with E-state index in [4.69, 9.17) is 9.47 Å². The van der Waals surface area contributed by atoms with Gasteiger partial charge in [0.15, 0.2) is 0 Å². The van der Waals surface area contributed by atoms with Gasteiger partial charge in [-0.25, -0.2) is 4.98 Å². The van der Waals surface area contributed by atoms with Crippen molar-refractivity contribution in [3.05, 3.63) is 42.6 Å². The van der Waals surface area contributed by atoms with Crippen LogP contribution < -0.4 is 19.9 Å². The summed E-state index contributed by atoms with van der Waals surface area (Å²) in [5.74, 6) is 1.72. The number of aromatic nitrogens is 1. The third-order valence-corrected chi connectivity index (χ3v) is 5.28. The SMILES string of the molecule is COc1ccc(N2CCN(c3ccc(NC(=O)C4CCCO4)cn3)CC2)cc1. The highest BCUT2D eigenvalue weighted by Gasteiger charge is 2.24. The summed E-state index contributed by atoms with van der Waals surface area (Å²) >= 11 is 0. The molecule has 2 aromatic rings. The first kappa shape index (κ1) is 18.6. The normalized spacial score (nSPS) is 19.5. The zero-order valence-electron chi connectivity index (χ0n) is 16.1. The summed E-state index contributed by atoms with van der Waals surface area (Å²) in [7, 11) is 1.68. The minimum atomic E-state index is -0.328. The monoisotopic (exact) mass is 382 g/mol.